The summed E-state index contributed by atoms with van der Waals surface area (Å²) in [7, 11) is 0. The molecule has 1 spiro atoms. The van der Waals surface area contributed by atoms with Crippen molar-refractivity contribution >= 4 is 11.8 Å². The Hall–Kier alpha value is 0.270. The third-order valence-electron chi connectivity index (χ3n) is 5.95. The van der Waals surface area contributed by atoms with Crippen LogP contribution in [0.25, 0.3) is 0 Å². The molecule has 3 atom stereocenters. The Labute approximate surface area is 128 Å². The van der Waals surface area contributed by atoms with Crippen LogP contribution in [0, 0.1) is 17.3 Å². The maximum absolute atomic E-state index is 10.9. The van der Waals surface area contributed by atoms with E-state index in [9.17, 15) is 5.11 Å². The zero-order valence-corrected chi connectivity index (χ0v) is 13.9. The summed E-state index contributed by atoms with van der Waals surface area (Å²) in [6.45, 7) is 5.60. The number of ether oxygens (including phenoxy) is 1. The highest BCUT2D eigenvalue weighted by molar-refractivity contribution is 7.99. The molecule has 1 N–H and O–H groups in total. The Kier molecular flexibility index (Phi) is 4.41. The van der Waals surface area contributed by atoms with Gasteiger partial charge in [0.15, 0.2) is 0 Å². The quantitative estimate of drug-likeness (QED) is 0.839. The molecule has 0 aromatic heterocycles. The van der Waals surface area contributed by atoms with Gasteiger partial charge in [-0.15, -0.1) is 0 Å². The van der Waals surface area contributed by atoms with E-state index < -0.39 is 0 Å². The lowest BCUT2D eigenvalue weighted by atomic mass is 9.68. The van der Waals surface area contributed by atoms with Crippen LogP contribution in [0.1, 0.15) is 58.8 Å². The van der Waals surface area contributed by atoms with Crippen LogP contribution < -0.4 is 0 Å². The molecule has 116 valence electrons. The molecule has 20 heavy (non-hydrogen) atoms. The smallest absolute Gasteiger partial charge is 0.0783 e. The molecule has 3 heteroatoms. The number of aliphatic hydroxyl groups is 1. The maximum atomic E-state index is 10.9. The summed E-state index contributed by atoms with van der Waals surface area (Å²) < 4.78 is 6.10. The Morgan fingerprint density at radius 1 is 1.10 bits per heavy atom. The minimum atomic E-state index is -0.0857. The Bertz CT molecular complexity index is 326. The lowest BCUT2D eigenvalue weighted by molar-refractivity contribution is -0.113. The van der Waals surface area contributed by atoms with Gasteiger partial charge in [0, 0.05) is 12.4 Å². The molecule has 3 aliphatic rings. The van der Waals surface area contributed by atoms with Crippen LogP contribution in [-0.2, 0) is 4.74 Å². The summed E-state index contributed by atoms with van der Waals surface area (Å²) in [6, 6.07) is 0. The van der Waals surface area contributed by atoms with E-state index in [2.05, 4.69) is 13.8 Å². The van der Waals surface area contributed by atoms with Gasteiger partial charge in [0.2, 0.25) is 0 Å². The van der Waals surface area contributed by atoms with Crippen molar-refractivity contribution in [2.45, 2.75) is 70.5 Å². The minimum absolute atomic E-state index is 0.0857. The minimum Gasteiger partial charge on any atom is -0.393 e. The van der Waals surface area contributed by atoms with Crippen molar-refractivity contribution in [2.75, 3.05) is 18.1 Å². The van der Waals surface area contributed by atoms with Crippen LogP contribution in [-0.4, -0.2) is 34.9 Å². The standard InChI is InChI=1S/C17H30O2S/c1-16(2)6-3-13(4-7-16)15(18)14-5-9-19-17(11-14)8-10-20-12-17/h13-15,18H,3-12H2,1-2H3. The SMILES string of the molecule is CC1(C)CCC(C(O)C2CCOC3(CCSC3)C2)CC1. The van der Waals surface area contributed by atoms with E-state index in [0.29, 0.717) is 17.3 Å². The van der Waals surface area contributed by atoms with E-state index in [-0.39, 0.29) is 11.7 Å². The first-order chi connectivity index (χ1) is 9.50. The Morgan fingerprint density at radius 2 is 1.85 bits per heavy atom. The van der Waals surface area contributed by atoms with Crippen LogP contribution in [0.5, 0.6) is 0 Å². The first-order valence-electron chi connectivity index (χ1n) is 8.40. The highest BCUT2D eigenvalue weighted by Crippen LogP contribution is 2.45. The number of hydrogen-bond acceptors (Lipinski definition) is 3. The average molecular weight is 298 g/mol. The van der Waals surface area contributed by atoms with Crippen molar-refractivity contribution < 1.29 is 9.84 Å². The second-order valence-corrected chi connectivity index (χ2v) is 9.18. The van der Waals surface area contributed by atoms with Gasteiger partial charge in [0.1, 0.15) is 0 Å². The van der Waals surface area contributed by atoms with Crippen LogP contribution in [0.2, 0.25) is 0 Å². The molecule has 2 heterocycles. The van der Waals surface area contributed by atoms with Gasteiger partial charge in [0.05, 0.1) is 11.7 Å². The summed E-state index contributed by atoms with van der Waals surface area (Å²) >= 11 is 2.02. The molecule has 2 saturated heterocycles. The number of thioether (sulfide) groups is 1. The average Bonchev–Trinajstić information content (AvgIpc) is 2.86. The fourth-order valence-corrected chi connectivity index (χ4v) is 5.75. The maximum Gasteiger partial charge on any atom is 0.0783 e. The van der Waals surface area contributed by atoms with Crippen molar-refractivity contribution in [3.8, 4) is 0 Å². The summed E-state index contributed by atoms with van der Waals surface area (Å²) in [5.41, 5.74) is 0.609. The molecule has 0 radical (unpaired) electrons. The van der Waals surface area contributed by atoms with Crippen LogP contribution in [0.3, 0.4) is 0 Å². The van der Waals surface area contributed by atoms with Crippen LogP contribution in [0.15, 0.2) is 0 Å². The Morgan fingerprint density at radius 3 is 2.50 bits per heavy atom. The van der Waals surface area contributed by atoms with Crippen molar-refractivity contribution in [1.82, 2.24) is 0 Å². The Balaban J connectivity index is 1.58. The molecule has 2 aliphatic heterocycles. The van der Waals surface area contributed by atoms with E-state index in [4.69, 9.17) is 4.74 Å². The van der Waals surface area contributed by atoms with E-state index >= 15 is 0 Å². The van der Waals surface area contributed by atoms with E-state index in [0.717, 1.165) is 25.2 Å². The molecule has 0 aromatic rings. The van der Waals surface area contributed by atoms with Gasteiger partial charge in [0.25, 0.3) is 0 Å². The van der Waals surface area contributed by atoms with Crippen molar-refractivity contribution in [3.05, 3.63) is 0 Å². The van der Waals surface area contributed by atoms with E-state index in [1.54, 1.807) is 0 Å². The molecule has 3 rings (SSSR count). The number of rotatable bonds is 2. The lowest BCUT2D eigenvalue weighted by Gasteiger charge is -2.43. The first kappa shape index (κ1) is 15.2. The number of hydrogen-bond donors (Lipinski definition) is 1. The van der Waals surface area contributed by atoms with Gasteiger partial charge >= 0.3 is 0 Å². The van der Waals surface area contributed by atoms with Gasteiger partial charge in [-0.25, -0.2) is 0 Å². The molecular weight excluding hydrogens is 268 g/mol. The predicted molar refractivity (Wildman–Crippen MR) is 85.1 cm³/mol. The monoisotopic (exact) mass is 298 g/mol. The van der Waals surface area contributed by atoms with Crippen molar-refractivity contribution in [1.29, 1.82) is 0 Å². The fraction of sp³-hybridized carbons (Fsp3) is 1.00. The van der Waals surface area contributed by atoms with Crippen molar-refractivity contribution in [3.63, 3.8) is 0 Å². The molecular formula is C17H30O2S. The molecule has 1 saturated carbocycles. The summed E-state index contributed by atoms with van der Waals surface area (Å²) in [5, 5.41) is 10.9. The van der Waals surface area contributed by atoms with Gasteiger partial charge in [-0.1, -0.05) is 13.8 Å². The largest absolute Gasteiger partial charge is 0.393 e. The zero-order valence-electron chi connectivity index (χ0n) is 13.1. The van der Waals surface area contributed by atoms with E-state index in [1.165, 1.54) is 37.9 Å². The summed E-state index contributed by atoms with van der Waals surface area (Å²) in [5.74, 6) is 3.40. The van der Waals surface area contributed by atoms with Gasteiger partial charge < -0.3 is 9.84 Å². The lowest BCUT2D eigenvalue weighted by Crippen LogP contribution is -2.45. The fourth-order valence-electron chi connectivity index (χ4n) is 4.37. The molecule has 2 nitrogen and oxygen atoms in total. The second kappa shape index (κ2) is 5.81. The van der Waals surface area contributed by atoms with Gasteiger partial charge in [-0.05, 0) is 67.9 Å². The highest BCUT2D eigenvalue weighted by atomic mass is 32.2. The molecule has 0 bridgehead atoms. The van der Waals surface area contributed by atoms with Crippen LogP contribution in [0.4, 0.5) is 0 Å². The highest BCUT2D eigenvalue weighted by Gasteiger charge is 2.44. The molecule has 1 aliphatic carbocycles. The topological polar surface area (TPSA) is 29.5 Å². The third-order valence-corrected chi connectivity index (χ3v) is 7.17. The molecule has 3 fully saturated rings. The van der Waals surface area contributed by atoms with Gasteiger partial charge in [-0.3, -0.25) is 0 Å². The summed E-state index contributed by atoms with van der Waals surface area (Å²) in [6.07, 6.45) is 8.25. The second-order valence-electron chi connectivity index (χ2n) is 8.08. The third kappa shape index (κ3) is 3.20. The predicted octanol–water partition coefficient (Wildman–Crippen LogP) is 3.87. The molecule has 0 aromatic carbocycles. The normalized spacial score (nSPS) is 40.0. The van der Waals surface area contributed by atoms with Gasteiger partial charge in [-0.2, -0.15) is 11.8 Å². The van der Waals surface area contributed by atoms with E-state index in [1.807, 2.05) is 11.8 Å². The molecule has 3 unspecified atom stereocenters. The zero-order chi connectivity index (χ0) is 14.2. The number of aliphatic hydroxyl groups excluding tert-OH is 1. The van der Waals surface area contributed by atoms with Crippen molar-refractivity contribution in [2.24, 2.45) is 17.3 Å². The molecule has 0 amide bonds. The van der Waals surface area contributed by atoms with Crippen LogP contribution >= 0.6 is 11.8 Å². The first-order valence-corrected chi connectivity index (χ1v) is 9.55. The summed E-state index contributed by atoms with van der Waals surface area (Å²) in [4.78, 5) is 0.